The number of hydrogen-bond donors (Lipinski definition) is 2. The summed E-state index contributed by atoms with van der Waals surface area (Å²) in [4.78, 5) is 12.3. The van der Waals surface area contributed by atoms with Gasteiger partial charge in [0, 0.05) is 19.1 Å². The van der Waals surface area contributed by atoms with Gasteiger partial charge in [0.25, 0.3) is 0 Å². The van der Waals surface area contributed by atoms with Gasteiger partial charge in [-0.3, -0.25) is 4.79 Å². The highest BCUT2D eigenvalue weighted by Crippen LogP contribution is 2.47. The molecule has 0 bridgehead atoms. The molecule has 2 N–H and O–H groups in total. The van der Waals surface area contributed by atoms with E-state index in [9.17, 15) is 4.79 Å². The minimum absolute atomic E-state index is 0.120. The van der Waals surface area contributed by atoms with Gasteiger partial charge in [-0.25, -0.2) is 0 Å². The SMILES string of the molecule is O=C(NCC1(CCO)CC1)C1CCc2ccccc2C1. The van der Waals surface area contributed by atoms with Gasteiger partial charge in [-0.2, -0.15) is 0 Å². The van der Waals surface area contributed by atoms with Crippen molar-refractivity contribution in [2.24, 2.45) is 11.3 Å². The van der Waals surface area contributed by atoms with Crippen LogP contribution in [0.4, 0.5) is 0 Å². The molecule has 108 valence electrons. The van der Waals surface area contributed by atoms with Crippen LogP contribution in [0.25, 0.3) is 0 Å². The fraction of sp³-hybridized carbons (Fsp3) is 0.588. The molecule has 20 heavy (non-hydrogen) atoms. The molecule has 0 aromatic heterocycles. The third-order valence-electron chi connectivity index (χ3n) is 4.95. The van der Waals surface area contributed by atoms with E-state index in [1.54, 1.807) is 0 Å². The number of amides is 1. The number of hydrogen-bond acceptors (Lipinski definition) is 2. The molecule has 1 unspecified atom stereocenters. The maximum Gasteiger partial charge on any atom is 0.223 e. The van der Waals surface area contributed by atoms with Crippen molar-refractivity contribution in [2.75, 3.05) is 13.2 Å². The first-order valence-electron chi connectivity index (χ1n) is 7.68. The first kappa shape index (κ1) is 13.6. The first-order valence-corrected chi connectivity index (χ1v) is 7.68. The molecule has 1 atom stereocenters. The van der Waals surface area contributed by atoms with Gasteiger partial charge in [0.15, 0.2) is 0 Å². The Balaban J connectivity index is 1.54. The highest BCUT2D eigenvalue weighted by molar-refractivity contribution is 5.79. The summed E-state index contributed by atoms with van der Waals surface area (Å²) >= 11 is 0. The molecule has 0 spiro atoms. The fourth-order valence-corrected chi connectivity index (χ4v) is 3.27. The molecule has 3 rings (SSSR count). The Morgan fingerprint density at radius 3 is 2.75 bits per heavy atom. The van der Waals surface area contributed by atoms with Crippen molar-refractivity contribution in [2.45, 2.75) is 38.5 Å². The van der Waals surface area contributed by atoms with Crippen LogP contribution in [0.3, 0.4) is 0 Å². The van der Waals surface area contributed by atoms with E-state index < -0.39 is 0 Å². The number of benzene rings is 1. The number of nitrogens with one attached hydrogen (secondary N) is 1. The molecule has 1 fully saturated rings. The lowest BCUT2D eigenvalue weighted by Crippen LogP contribution is -2.37. The molecule has 1 aromatic rings. The molecule has 0 radical (unpaired) electrons. The average Bonchev–Trinajstić information content (AvgIpc) is 3.25. The molecule has 0 saturated heterocycles. The monoisotopic (exact) mass is 273 g/mol. The molecule has 2 aliphatic carbocycles. The second kappa shape index (κ2) is 5.57. The van der Waals surface area contributed by atoms with Crippen LogP contribution in [0, 0.1) is 11.3 Å². The molecule has 1 saturated carbocycles. The zero-order chi connectivity index (χ0) is 14.0. The predicted octanol–water partition coefficient (Wildman–Crippen LogP) is 2.07. The van der Waals surface area contributed by atoms with Gasteiger partial charge < -0.3 is 10.4 Å². The van der Waals surface area contributed by atoms with Gasteiger partial charge >= 0.3 is 0 Å². The third-order valence-corrected chi connectivity index (χ3v) is 4.95. The predicted molar refractivity (Wildman–Crippen MR) is 78.3 cm³/mol. The van der Waals surface area contributed by atoms with Gasteiger partial charge in [-0.1, -0.05) is 24.3 Å². The molecule has 3 heteroatoms. The van der Waals surface area contributed by atoms with E-state index >= 15 is 0 Å². The van der Waals surface area contributed by atoms with Crippen LogP contribution in [-0.4, -0.2) is 24.2 Å². The standard InChI is InChI=1S/C17H23NO2/c19-10-9-17(7-8-17)12-18-16(20)15-6-5-13-3-1-2-4-14(13)11-15/h1-4,15,19H,5-12H2,(H,18,20). The lowest BCUT2D eigenvalue weighted by molar-refractivity contribution is -0.125. The molecule has 1 amide bonds. The van der Waals surface area contributed by atoms with Gasteiger partial charge in [0.1, 0.15) is 0 Å². The van der Waals surface area contributed by atoms with Crippen LogP contribution in [0.5, 0.6) is 0 Å². The van der Waals surface area contributed by atoms with Crippen LogP contribution < -0.4 is 5.32 Å². The molecular formula is C17H23NO2. The fourth-order valence-electron chi connectivity index (χ4n) is 3.27. The summed E-state index contributed by atoms with van der Waals surface area (Å²) in [6.45, 7) is 0.969. The maximum absolute atomic E-state index is 12.3. The van der Waals surface area contributed by atoms with Crippen LogP contribution in [0.15, 0.2) is 24.3 Å². The van der Waals surface area contributed by atoms with E-state index in [-0.39, 0.29) is 23.8 Å². The summed E-state index contributed by atoms with van der Waals surface area (Å²) in [6.07, 6.45) is 5.93. The normalized spacial score (nSPS) is 22.9. The molecule has 0 heterocycles. The largest absolute Gasteiger partial charge is 0.396 e. The van der Waals surface area contributed by atoms with E-state index in [2.05, 4.69) is 29.6 Å². The third kappa shape index (κ3) is 2.88. The molecule has 2 aliphatic rings. The topological polar surface area (TPSA) is 49.3 Å². The highest BCUT2D eigenvalue weighted by Gasteiger charge is 2.42. The van der Waals surface area contributed by atoms with E-state index in [0.29, 0.717) is 0 Å². The Morgan fingerprint density at radius 1 is 1.30 bits per heavy atom. The van der Waals surface area contributed by atoms with E-state index in [1.807, 2.05) is 0 Å². The summed E-state index contributed by atoms with van der Waals surface area (Å²) in [5, 5.41) is 12.2. The van der Waals surface area contributed by atoms with Crippen molar-refractivity contribution in [1.82, 2.24) is 5.32 Å². The second-order valence-electron chi connectivity index (χ2n) is 6.40. The van der Waals surface area contributed by atoms with E-state index in [4.69, 9.17) is 5.11 Å². The zero-order valence-electron chi connectivity index (χ0n) is 11.9. The summed E-state index contributed by atoms with van der Waals surface area (Å²) in [7, 11) is 0. The number of rotatable bonds is 5. The van der Waals surface area contributed by atoms with Crippen LogP contribution in [-0.2, 0) is 17.6 Å². The summed E-state index contributed by atoms with van der Waals surface area (Å²) in [5.41, 5.74) is 2.93. The Morgan fingerprint density at radius 2 is 2.05 bits per heavy atom. The van der Waals surface area contributed by atoms with Crippen molar-refractivity contribution in [3.05, 3.63) is 35.4 Å². The van der Waals surface area contributed by atoms with Crippen molar-refractivity contribution >= 4 is 5.91 Å². The number of carbonyl (C=O) groups excluding carboxylic acids is 1. The Labute approximate surface area is 120 Å². The minimum atomic E-state index is 0.120. The lowest BCUT2D eigenvalue weighted by atomic mass is 9.83. The number of aliphatic hydroxyl groups excluding tert-OH is 1. The minimum Gasteiger partial charge on any atom is -0.396 e. The number of aryl methyl sites for hydroxylation is 1. The quantitative estimate of drug-likeness (QED) is 0.863. The summed E-state index contributed by atoms with van der Waals surface area (Å²) < 4.78 is 0. The lowest BCUT2D eigenvalue weighted by Gasteiger charge is -2.25. The molecular weight excluding hydrogens is 250 g/mol. The first-order chi connectivity index (χ1) is 9.72. The number of fused-ring (bicyclic) bond motifs is 1. The Hall–Kier alpha value is -1.35. The van der Waals surface area contributed by atoms with Crippen molar-refractivity contribution in [3.63, 3.8) is 0 Å². The maximum atomic E-state index is 12.3. The van der Waals surface area contributed by atoms with Crippen LogP contribution in [0.1, 0.15) is 36.8 Å². The van der Waals surface area contributed by atoms with Crippen molar-refractivity contribution in [1.29, 1.82) is 0 Å². The zero-order valence-corrected chi connectivity index (χ0v) is 11.9. The van der Waals surface area contributed by atoms with Gasteiger partial charge in [-0.15, -0.1) is 0 Å². The van der Waals surface area contributed by atoms with Gasteiger partial charge in [0.2, 0.25) is 5.91 Å². The van der Waals surface area contributed by atoms with E-state index in [0.717, 1.165) is 45.1 Å². The molecule has 0 aliphatic heterocycles. The van der Waals surface area contributed by atoms with Crippen molar-refractivity contribution in [3.8, 4) is 0 Å². The van der Waals surface area contributed by atoms with Crippen molar-refractivity contribution < 1.29 is 9.90 Å². The number of carbonyl (C=O) groups is 1. The summed E-state index contributed by atoms with van der Waals surface area (Å²) in [6, 6.07) is 8.44. The number of aliphatic hydroxyl groups is 1. The smallest absolute Gasteiger partial charge is 0.223 e. The van der Waals surface area contributed by atoms with Gasteiger partial charge in [0.05, 0.1) is 0 Å². The van der Waals surface area contributed by atoms with Gasteiger partial charge in [-0.05, 0) is 55.1 Å². The molecule has 1 aromatic carbocycles. The Bertz CT molecular complexity index is 494. The second-order valence-corrected chi connectivity index (χ2v) is 6.40. The Kier molecular flexibility index (Phi) is 3.79. The van der Waals surface area contributed by atoms with E-state index in [1.165, 1.54) is 11.1 Å². The highest BCUT2D eigenvalue weighted by atomic mass is 16.3. The summed E-state index contributed by atoms with van der Waals surface area (Å²) in [5.74, 6) is 0.318. The van der Waals surface area contributed by atoms with Crippen LogP contribution >= 0.6 is 0 Å². The molecule has 3 nitrogen and oxygen atoms in total. The average molecular weight is 273 g/mol. The van der Waals surface area contributed by atoms with Crippen LogP contribution in [0.2, 0.25) is 0 Å².